The highest BCUT2D eigenvalue weighted by molar-refractivity contribution is 5.34. The smallest absolute Gasteiger partial charge is 0.200 e. The summed E-state index contributed by atoms with van der Waals surface area (Å²) in [5, 5.41) is 0. The van der Waals surface area contributed by atoms with Gasteiger partial charge in [0, 0.05) is 5.57 Å². The van der Waals surface area contributed by atoms with Crippen molar-refractivity contribution >= 4 is 0 Å². The third-order valence-corrected chi connectivity index (χ3v) is 1.45. The predicted octanol–water partition coefficient (Wildman–Crippen LogP) is 3.21. The molecule has 0 aliphatic carbocycles. The fourth-order valence-corrected chi connectivity index (χ4v) is 0.528. The molecule has 0 aliphatic heterocycles. The van der Waals surface area contributed by atoms with Crippen LogP contribution in [0.4, 0.5) is 13.2 Å². The lowest BCUT2D eigenvalue weighted by molar-refractivity contribution is 0.279. The fraction of sp³-hybridized carbons (Fsp3) is 0.333. The summed E-state index contributed by atoms with van der Waals surface area (Å²) in [4.78, 5) is 0. The Morgan fingerprint density at radius 1 is 1.23 bits per heavy atom. The first-order valence-corrected chi connectivity index (χ1v) is 3.53. The molecule has 0 rings (SSSR count). The molecule has 74 valence electrons. The molecule has 0 heterocycles. The van der Waals surface area contributed by atoms with E-state index in [-0.39, 0.29) is 0 Å². The van der Waals surface area contributed by atoms with E-state index in [1.165, 1.54) is 0 Å². The number of halogens is 3. The van der Waals surface area contributed by atoms with Gasteiger partial charge in [-0.2, -0.15) is 4.39 Å². The second-order valence-electron chi connectivity index (χ2n) is 2.40. The van der Waals surface area contributed by atoms with Crippen molar-refractivity contribution in [1.29, 1.82) is 0 Å². The van der Waals surface area contributed by atoms with Crippen LogP contribution >= 0.6 is 0 Å². The Morgan fingerprint density at radius 2 is 1.69 bits per heavy atom. The molecule has 1 unspecified atom stereocenters. The van der Waals surface area contributed by atoms with Crippen LogP contribution in [0.5, 0.6) is 0 Å². The first-order valence-electron chi connectivity index (χ1n) is 3.53. The molecule has 0 fully saturated rings. The number of methoxy groups -OCH3 is 1. The summed E-state index contributed by atoms with van der Waals surface area (Å²) in [6.45, 7) is 7.18. The number of allylic oxidation sites excluding steroid dienone is 3. The van der Waals surface area contributed by atoms with Gasteiger partial charge in [0.15, 0.2) is 11.7 Å². The van der Waals surface area contributed by atoms with Crippen LogP contribution in [0.2, 0.25) is 0 Å². The Balaban J connectivity index is 4.81. The lowest BCUT2D eigenvalue weighted by Crippen LogP contribution is -2.00. The maximum absolute atomic E-state index is 12.9. The molecular formula is C9H11F3O. The highest BCUT2D eigenvalue weighted by Crippen LogP contribution is 2.24. The summed E-state index contributed by atoms with van der Waals surface area (Å²) in [7, 11) is 1.14. The zero-order valence-corrected chi connectivity index (χ0v) is 7.53. The van der Waals surface area contributed by atoms with E-state index in [2.05, 4.69) is 17.9 Å². The molecule has 13 heavy (non-hydrogen) atoms. The molecule has 0 amide bonds. The summed E-state index contributed by atoms with van der Waals surface area (Å²) in [6.07, 6.45) is -1.64. The number of hydrogen-bond donors (Lipinski definition) is 0. The van der Waals surface area contributed by atoms with Gasteiger partial charge >= 0.3 is 0 Å². The highest BCUT2D eigenvalue weighted by Gasteiger charge is 2.17. The molecule has 0 N–H and O–H groups in total. The number of rotatable bonds is 4. The minimum atomic E-state index is -1.64. The van der Waals surface area contributed by atoms with E-state index in [9.17, 15) is 13.2 Å². The van der Waals surface area contributed by atoms with Crippen molar-refractivity contribution in [1.82, 2.24) is 0 Å². The average molecular weight is 192 g/mol. The third-order valence-electron chi connectivity index (χ3n) is 1.45. The van der Waals surface area contributed by atoms with Gasteiger partial charge in [0.05, 0.1) is 7.11 Å². The lowest BCUT2D eigenvalue weighted by atomic mass is 10.1. The van der Waals surface area contributed by atoms with Gasteiger partial charge < -0.3 is 4.74 Å². The summed E-state index contributed by atoms with van der Waals surface area (Å²) in [5.41, 5.74) is -0.560. The van der Waals surface area contributed by atoms with Crippen molar-refractivity contribution in [3.8, 4) is 0 Å². The second-order valence-corrected chi connectivity index (χ2v) is 2.40. The molecule has 0 aromatic carbocycles. The zero-order chi connectivity index (χ0) is 10.6. The molecular weight excluding hydrogens is 181 g/mol. The van der Waals surface area contributed by atoms with E-state index in [0.717, 1.165) is 14.0 Å². The van der Waals surface area contributed by atoms with Gasteiger partial charge in [0.2, 0.25) is 0 Å². The summed E-state index contributed by atoms with van der Waals surface area (Å²) >= 11 is 0. The monoisotopic (exact) mass is 192 g/mol. The largest absolute Gasteiger partial charge is 0.494 e. The van der Waals surface area contributed by atoms with E-state index in [1.54, 1.807) is 0 Å². The van der Waals surface area contributed by atoms with Crippen molar-refractivity contribution < 1.29 is 17.9 Å². The molecule has 0 bridgehead atoms. The lowest BCUT2D eigenvalue weighted by Gasteiger charge is -2.06. The summed E-state index contributed by atoms with van der Waals surface area (Å²) in [5.74, 6) is -3.17. The number of hydrogen-bond acceptors (Lipinski definition) is 1. The molecule has 0 aromatic heterocycles. The van der Waals surface area contributed by atoms with E-state index in [1.807, 2.05) is 0 Å². The van der Waals surface area contributed by atoms with Crippen LogP contribution in [0, 0.1) is 0 Å². The van der Waals surface area contributed by atoms with Crippen molar-refractivity contribution in [2.75, 3.05) is 7.11 Å². The van der Waals surface area contributed by atoms with Crippen LogP contribution in [-0.4, -0.2) is 13.3 Å². The SMILES string of the molecule is C=C(OC)/C(F)=C(/F)C(=C)C(C)F. The van der Waals surface area contributed by atoms with Crippen molar-refractivity contribution in [2.24, 2.45) is 0 Å². The minimum absolute atomic E-state index is 0.487. The van der Waals surface area contributed by atoms with Gasteiger partial charge in [-0.15, -0.1) is 0 Å². The fourth-order valence-electron chi connectivity index (χ4n) is 0.528. The maximum Gasteiger partial charge on any atom is 0.200 e. The standard InChI is InChI=1S/C9H11F3O/c1-5(6(2)10)8(11)9(12)7(3)13-4/h6H,1,3H2,2,4H3/b9-8-. The van der Waals surface area contributed by atoms with Crippen LogP contribution in [0.1, 0.15) is 6.92 Å². The van der Waals surface area contributed by atoms with Gasteiger partial charge in [-0.3, -0.25) is 0 Å². The number of ether oxygens (including phenoxy) is 1. The Bertz CT molecular complexity index is 254. The molecule has 1 atom stereocenters. The van der Waals surface area contributed by atoms with E-state index < -0.39 is 29.2 Å². The maximum atomic E-state index is 12.9. The van der Waals surface area contributed by atoms with Crippen LogP contribution in [0.15, 0.2) is 36.1 Å². The Morgan fingerprint density at radius 3 is 2.00 bits per heavy atom. The highest BCUT2D eigenvalue weighted by atomic mass is 19.2. The van der Waals surface area contributed by atoms with E-state index in [0.29, 0.717) is 0 Å². The van der Waals surface area contributed by atoms with E-state index in [4.69, 9.17) is 0 Å². The summed E-state index contributed by atoms with van der Waals surface area (Å²) in [6, 6.07) is 0. The zero-order valence-electron chi connectivity index (χ0n) is 7.53. The average Bonchev–Trinajstić information content (AvgIpc) is 2.12. The molecule has 0 spiro atoms. The second kappa shape index (κ2) is 4.74. The molecule has 0 saturated carbocycles. The van der Waals surface area contributed by atoms with Crippen LogP contribution in [0.25, 0.3) is 0 Å². The van der Waals surface area contributed by atoms with Crippen LogP contribution in [-0.2, 0) is 4.74 Å². The van der Waals surface area contributed by atoms with Gasteiger partial charge in [-0.05, 0) is 6.92 Å². The van der Waals surface area contributed by atoms with Gasteiger partial charge in [0.25, 0.3) is 0 Å². The van der Waals surface area contributed by atoms with Crippen molar-refractivity contribution in [2.45, 2.75) is 13.1 Å². The molecule has 0 saturated heterocycles. The minimum Gasteiger partial charge on any atom is -0.494 e. The normalized spacial score (nSPS) is 14.5. The van der Waals surface area contributed by atoms with Crippen LogP contribution < -0.4 is 0 Å². The van der Waals surface area contributed by atoms with Crippen LogP contribution in [0.3, 0.4) is 0 Å². The molecule has 0 radical (unpaired) electrons. The Hall–Kier alpha value is -1.19. The van der Waals surface area contributed by atoms with Crippen molar-refractivity contribution in [3.63, 3.8) is 0 Å². The first kappa shape index (κ1) is 11.8. The quantitative estimate of drug-likeness (QED) is 0.491. The topological polar surface area (TPSA) is 9.23 Å². The van der Waals surface area contributed by atoms with Gasteiger partial charge in [0.1, 0.15) is 11.9 Å². The molecule has 0 aromatic rings. The first-order chi connectivity index (χ1) is 5.91. The van der Waals surface area contributed by atoms with Crippen molar-refractivity contribution in [3.05, 3.63) is 36.1 Å². The predicted molar refractivity (Wildman–Crippen MR) is 45.1 cm³/mol. The third kappa shape index (κ3) is 2.97. The Kier molecular flexibility index (Phi) is 4.31. The molecule has 1 nitrogen and oxygen atoms in total. The van der Waals surface area contributed by atoms with E-state index >= 15 is 0 Å². The number of alkyl halides is 1. The summed E-state index contributed by atoms with van der Waals surface area (Å²) < 4.78 is 42.6. The molecule has 4 heteroatoms. The molecule has 0 aliphatic rings. The Labute approximate surface area is 75.2 Å². The van der Waals surface area contributed by atoms with Gasteiger partial charge in [-0.25, -0.2) is 8.78 Å². The van der Waals surface area contributed by atoms with Gasteiger partial charge in [-0.1, -0.05) is 13.2 Å².